The molecule has 0 aliphatic heterocycles. The van der Waals surface area contributed by atoms with Crippen molar-refractivity contribution in [3.8, 4) is 5.88 Å². The van der Waals surface area contributed by atoms with Gasteiger partial charge < -0.3 is 5.11 Å². The van der Waals surface area contributed by atoms with Gasteiger partial charge in [-0.1, -0.05) is 11.8 Å². The smallest absolute Gasteiger partial charge is 0.257 e. The van der Waals surface area contributed by atoms with Crippen molar-refractivity contribution in [3.63, 3.8) is 0 Å². The second-order valence-electron chi connectivity index (χ2n) is 2.18. The minimum Gasteiger partial charge on any atom is -0.493 e. The van der Waals surface area contributed by atoms with E-state index in [0.717, 1.165) is 6.07 Å². The van der Waals surface area contributed by atoms with E-state index in [1.807, 2.05) is 13.2 Å². The molecule has 1 aromatic heterocycles. The summed E-state index contributed by atoms with van der Waals surface area (Å²) >= 11 is 1.34. The van der Waals surface area contributed by atoms with Crippen molar-refractivity contribution in [2.45, 2.75) is 18.6 Å². The van der Waals surface area contributed by atoms with Crippen LogP contribution in [0.3, 0.4) is 0 Å². The van der Waals surface area contributed by atoms with E-state index in [9.17, 15) is 4.79 Å². The molecule has 0 unspecified atom stereocenters. The number of rotatable bonds is 2. The first-order valence-corrected chi connectivity index (χ1v) is 4.76. The molecule has 12 heavy (non-hydrogen) atoms. The minimum atomic E-state index is -0.214. The highest BCUT2D eigenvalue weighted by molar-refractivity contribution is 7.98. The lowest BCUT2D eigenvalue weighted by Gasteiger charge is -2.06. The summed E-state index contributed by atoms with van der Waals surface area (Å²) in [5.74, 6) is -0.214. The van der Waals surface area contributed by atoms with E-state index in [-0.39, 0.29) is 11.4 Å². The molecular formula is C7H10N2O2S. The minimum absolute atomic E-state index is 0.214. The predicted octanol–water partition coefficient (Wildman–Crippen LogP) is 0.691. The molecule has 0 amide bonds. The van der Waals surface area contributed by atoms with Gasteiger partial charge in [0.2, 0.25) is 5.88 Å². The normalized spacial score (nSPS) is 10.2. The summed E-state index contributed by atoms with van der Waals surface area (Å²) < 4.78 is 1.50. The van der Waals surface area contributed by atoms with Crippen LogP contribution >= 0.6 is 11.8 Å². The average Bonchev–Trinajstić information content (AvgIpc) is 2.03. The molecule has 0 aliphatic carbocycles. The summed E-state index contributed by atoms with van der Waals surface area (Å²) in [6, 6.07) is 1.11. The zero-order valence-corrected chi connectivity index (χ0v) is 7.76. The van der Waals surface area contributed by atoms with E-state index in [4.69, 9.17) is 5.11 Å². The van der Waals surface area contributed by atoms with Gasteiger partial charge in [0.25, 0.3) is 5.56 Å². The van der Waals surface area contributed by atoms with Crippen LogP contribution in [0, 0.1) is 0 Å². The van der Waals surface area contributed by atoms with Crippen LogP contribution in [0.1, 0.15) is 6.92 Å². The summed E-state index contributed by atoms with van der Waals surface area (Å²) in [4.78, 5) is 15.0. The average molecular weight is 186 g/mol. The molecule has 5 heteroatoms. The standard InChI is InChI=1S/C7H10N2O2S/c1-3-9-6(11)4-5(10)8-7(9)12-2/h4,10H,3H2,1-2H3. The second kappa shape index (κ2) is 3.62. The first kappa shape index (κ1) is 9.12. The number of thioether (sulfide) groups is 1. The summed E-state index contributed by atoms with van der Waals surface area (Å²) in [7, 11) is 0. The number of hydrogen-bond acceptors (Lipinski definition) is 4. The highest BCUT2D eigenvalue weighted by Gasteiger charge is 2.04. The Morgan fingerprint density at radius 3 is 2.92 bits per heavy atom. The Balaban J connectivity index is 3.34. The summed E-state index contributed by atoms with van der Waals surface area (Å²) in [5.41, 5.74) is -0.214. The van der Waals surface area contributed by atoms with Crippen LogP contribution in [0.2, 0.25) is 0 Å². The molecule has 4 nitrogen and oxygen atoms in total. The van der Waals surface area contributed by atoms with Crippen molar-refractivity contribution >= 4 is 11.8 Å². The summed E-state index contributed by atoms with van der Waals surface area (Å²) in [6.45, 7) is 2.43. The number of nitrogens with zero attached hydrogens (tertiary/aromatic N) is 2. The Morgan fingerprint density at radius 1 is 1.75 bits per heavy atom. The van der Waals surface area contributed by atoms with Gasteiger partial charge in [-0.15, -0.1) is 0 Å². The molecule has 0 spiro atoms. The van der Waals surface area contributed by atoms with Crippen molar-refractivity contribution in [2.75, 3.05) is 6.26 Å². The molecule has 0 aliphatic rings. The largest absolute Gasteiger partial charge is 0.493 e. The quantitative estimate of drug-likeness (QED) is 0.545. The zero-order chi connectivity index (χ0) is 9.14. The Kier molecular flexibility index (Phi) is 2.75. The molecule has 0 saturated heterocycles. The molecule has 1 N–H and O–H groups in total. The lowest BCUT2D eigenvalue weighted by Crippen LogP contribution is -2.20. The monoisotopic (exact) mass is 186 g/mol. The third-order valence-electron chi connectivity index (χ3n) is 1.46. The molecule has 0 saturated carbocycles. The topological polar surface area (TPSA) is 55.1 Å². The van der Waals surface area contributed by atoms with Crippen LogP contribution in [0.5, 0.6) is 5.88 Å². The van der Waals surface area contributed by atoms with Gasteiger partial charge in [-0.3, -0.25) is 9.36 Å². The molecule has 0 bridgehead atoms. The molecule has 0 fully saturated rings. The van der Waals surface area contributed by atoms with Gasteiger partial charge in [-0.05, 0) is 13.2 Å². The van der Waals surface area contributed by atoms with Crippen molar-refractivity contribution in [2.24, 2.45) is 0 Å². The molecule has 66 valence electrons. The van der Waals surface area contributed by atoms with E-state index in [0.29, 0.717) is 11.7 Å². The molecule has 1 rings (SSSR count). The maximum atomic E-state index is 11.2. The molecule has 0 atom stereocenters. The molecule has 1 aromatic rings. The fraction of sp³-hybridized carbons (Fsp3) is 0.429. The van der Waals surface area contributed by atoms with E-state index in [2.05, 4.69) is 4.98 Å². The Labute approximate surface area is 74.3 Å². The number of aromatic nitrogens is 2. The first-order valence-electron chi connectivity index (χ1n) is 3.54. The number of aromatic hydroxyl groups is 1. The Bertz CT molecular complexity index is 335. The van der Waals surface area contributed by atoms with E-state index in [1.165, 1.54) is 16.3 Å². The van der Waals surface area contributed by atoms with Gasteiger partial charge in [0.1, 0.15) is 0 Å². The van der Waals surface area contributed by atoms with Gasteiger partial charge in [-0.2, -0.15) is 4.98 Å². The van der Waals surface area contributed by atoms with Gasteiger partial charge in [0.15, 0.2) is 5.16 Å². The van der Waals surface area contributed by atoms with Gasteiger partial charge in [0, 0.05) is 6.54 Å². The predicted molar refractivity (Wildman–Crippen MR) is 47.6 cm³/mol. The van der Waals surface area contributed by atoms with Crippen molar-refractivity contribution in [1.82, 2.24) is 9.55 Å². The summed E-state index contributed by atoms with van der Waals surface area (Å²) in [5, 5.41) is 9.55. The van der Waals surface area contributed by atoms with Crippen molar-refractivity contribution in [3.05, 3.63) is 16.4 Å². The second-order valence-corrected chi connectivity index (χ2v) is 2.96. The fourth-order valence-corrected chi connectivity index (χ4v) is 1.54. The maximum absolute atomic E-state index is 11.2. The highest BCUT2D eigenvalue weighted by atomic mass is 32.2. The van der Waals surface area contributed by atoms with Crippen molar-refractivity contribution in [1.29, 1.82) is 0 Å². The van der Waals surface area contributed by atoms with E-state index in [1.54, 1.807) is 0 Å². The SMILES string of the molecule is CCn1c(SC)nc(O)cc1=O. The van der Waals surface area contributed by atoms with E-state index < -0.39 is 0 Å². The van der Waals surface area contributed by atoms with Gasteiger partial charge in [-0.25, -0.2) is 0 Å². The molecule has 1 heterocycles. The Hall–Kier alpha value is -0.970. The molecule has 0 radical (unpaired) electrons. The van der Waals surface area contributed by atoms with Crippen LogP contribution in [-0.2, 0) is 6.54 Å². The molecular weight excluding hydrogens is 176 g/mol. The Morgan fingerprint density at radius 2 is 2.42 bits per heavy atom. The van der Waals surface area contributed by atoms with Gasteiger partial charge >= 0.3 is 0 Å². The van der Waals surface area contributed by atoms with E-state index >= 15 is 0 Å². The lowest BCUT2D eigenvalue weighted by molar-refractivity contribution is 0.434. The third-order valence-corrected chi connectivity index (χ3v) is 2.14. The van der Waals surface area contributed by atoms with Crippen LogP contribution in [0.4, 0.5) is 0 Å². The van der Waals surface area contributed by atoms with Crippen LogP contribution in [-0.4, -0.2) is 20.9 Å². The molecule has 0 aromatic carbocycles. The first-order chi connectivity index (χ1) is 5.69. The number of hydrogen-bond donors (Lipinski definition) is 1. The van der Waals surface area contributed by atoms with Crippen LogP contribution < -0.4 is 5.56 Å². The van der Waals surface area contributed by atoms with Crippen molar-refractivity contribution < 1.29 is 5.11 Å². The highest BCUT2D eigenvalue weighted by Crippen LogP contribution is 2.12. The maximum Gasteiger partial charge on any atom is 0.257 e. The van der Waals surface area contributed by atoms with Gasteiger partial charge in [0.05, 0.1) is 6.07 Å². The van der Waals surface area contributed by atoms with Crippen LogP contribution in [0.25, 0.3) is 0 Å². The zero-order valence-electron chi connectivity index (χ0n) is 6.94. The third kappa shape index (κ3) is 1.61. The van der Waals surface area contributed by atoms with Crippen LogP contribution in [0.15, 0.2) is 16.0 Å². The lowest BCUT2D eigenvalue weighted by atomic mass is 10.6. The summed E-state index contributed by atoms with van der Waals surface area (Å²) in [6.07, 6.45) is 1.81. The fourth-order valence-electron chi connectivity index (χ4n) is 0.920.